The molecule has 2 aliphatic rings. The summed E-state index contributed by atoms with van der Waals surface area (Å²) in [6.07, 6.45) is 10.2. The molecule has 0 aromatic heterocycles. The average molecular weight is 165 g/mol. The van der Waals surface area contributed by atoms with E-state index in [9.17, 15) is 0 Å². The van der Waals surface area contributed by atoms with Gasteiger partial charge in [-0.25, -0.2) is 0 Å². The van der Waals surface area contributed by atoms with Crippen molar-refractivity contribution in [3.05, 3.63) is 12.2 Å². The van der Waals surface area contributed by atoms with Gasteiger partial charge in [-0.2, -0.15) is 0 Å². The van der Waals surface area contributed by atoms with Crippen molar-refractivity contribution in [3.8, 4) is 0 Å². The monoisotopic (exact) mass is 165 g/mol. The van der Waals surface area contributed by atoms with Crippen molar-refractivity contribution in [1.29, 1.82) is 0 Å². The minimum atomic E-state index is 0.403. The first-order valence-corrected chi connectivity index (χ1v) is 5.21. The summed E-state index contributed by atoms with van der Waals surface area (Å²) >= 11 is 0. The van der Waals surface area contributed by atoms with Gasteiger partial charge in [0.2, 0.25) is 0 Å². The Hall–Kier alpha value is -0.300. The Morgan fingerprint density at radius 1 is 1.67 bits per heavy atom. The zero-order valence-electron chi connectivity index (χ0n) is 8.14. The van der Waals surface area contributed by atoms with Crippen LogP contribution in [-0.2, 0) is 0 Å². The molecule has 0 aromatic rings. The molecule has 1 heteroatoms. The first kappa shape index (κ1) is 8.31. The number of nitrogens with one attached hydrogen (secondary N) is 1. The molecule has 2 bridgehead atoms. The second-order valence-corrected chi connectivity index (χ2v) is 4.47. The van der Waals surface area contributed by atoms with Crippen LogP contribution >= 0.6 is 0 Å². The molecule has 0 spiro atoms. The first-order valence-electron chi connectivity index (χ1n) is 5.21. The zero-order valence-corrected chi connectivity index (χ0v) is 8.14. The van der Waals surface area contributed by atoms with Crippen molar-refractivity contribution >= 4 is 0 Å². The highest BCUT2D eigenvalue weighted by molar-refractivity contribution is 5.21. The van der Waals surface area contributed by atoms with Gasteiger partial charge in [0, 0.05) is 11.6 Å². The second kappa shape index (κ2) is 2.88. The Balaban J connectivity index is 1.99. The molecule has 1 saturated carbocycles. The van der Waals surface area contributed by atoms with Crippen molar-refractivity contribution in [2.45, 2.75) is 51.1 Å². The predicted octanol–water partition coefficient (Wildman–Crippen LogP) is 2.48. The summed E-state index contributed by atoms with van der Waals surface area (Å²) in [4.78, 5) is 0. The molecule has 0 saturated heterocycles. The fourth-order valence-corrected chi connectivity index (χ4v) is 2.52. The number of allylic oxidation sites excluding steroid dienone is 1. The predicted molar refractivity (Wildman–Crippen MR) is 52.1 cm³/mol. The standard InChI is InChI=1S/C11H19N/c1-3-9(2)12-11-6-4-10(8-11)5-7-11/h4,6,9-10,12H,3,5,7-8H2,1-2H3. The first-order chi connectivity index (χ1) is 5.74. The molecule has 0 aromatic carbocycles. The third-order valence-corrected chi connectivity index (χ3v) is 3.42. The summed E-state index contributed by atoms with van der Waals surface area (Å²) < 4.78 is 0. The molecule has 1 fully saturated rings. The molecule has 1 N–H and O–H groups in total. The highest BCUT2D eigenvalue weighted by Gasteiger charge is 2.40. The molecule has 2 aliphatic carbocycles. The lowest BCUT2D eigenvalue weighted by atomic mass is 9.97. The summed E-state index contributed by atoms with van der Waals surface area (Å²) in [6, 6.07) is 0.673. The quantitative estimate of drug-likeness (QED) is 0.633. The van der Waals surface area contributed by atoms with Crippen LogP contribution in [0.2, 0.25) is 0 Å². The Bertz CT molecular complexity index is 197. The number of hydrogen-bond donors (Lipinski definition) is 1. The summed E-state index contributed by atoms with van der Waals surface area (Å²) in [5.41, 5.74) is 0.403. The van der Waals surface area contributed by atoms with Crippen molar-refractivity contribution < 1.29 is 0 Å². The summed E-state index contributed by atoms with van der Waals surface area (Å²) in [6.45, 7) is 4.54. The van der Waals surface area contributed by atoms with Gasteiger partial charge < -0.3 is 5.32 Å². The molecule has 2 rings (SSSR count). The van der Waals surface area contributed by atoms with Crippen LogP contribution in [0, 0.1) is 5.92 Å². The minimum absolute atomic E-state index is 0.403. The lowest BCUT2D eigenvalue weighted by molar-refractivity contribution is 0.362. The van der Waals surface area contributed by atoms with Crippen LogP contribution in [0.25, 0.3) is 0 Å². The normalized spacial score (nSPS) is 40.7. The van der Waals surface area contributed by atoms with E-state index in [1.165, 1.54) is 25.7 Å². The van der Waals surface area contributed by atoms with E-state index in [2.05, 4.69) is 31.3 Å². The Morgan fingerprint density at radius 2 is 2.50 bits per heavy atom. The Morgan fingerprint density at radius 3 is 2.92 bits per heavy atom. The van der Waals surface area contributed by atoms with Gasteiger partial charge >= 0.3 is 0 Å². The van der Waals surface area contributed by atoms with E-state index in [0.717, 1.165) is 5.92 Å². The highest BCUT2D eigenvalue weighted by atomic mass is 15.0. The SMILES string of the molecule is CCC(C)NC12C=CC(CC1)C2. The van der Waals surface area contributed by atoms with Gasteiger partial charge in [0.05, 0.1) is 0 Å². The third kappa shape index (κ3) is 1.31. The lowest BCUT2D eigenvalue weighted by Crippen LogP contribution is -2.44. The van der Waals surface area contributed by atoms with Gasteiger partial charge in [0.1, 0.15) is 0 Å². The maximum Gasteiger partial charge on any atom is 0.0372 e. The fraction of sp³-hybridized carbons (Fsp3) is 0.818. The van der Waals surface area contributed by atoms with Gasteiger partial charge in [-0.3, -0.25) is 0 Å². The van der Waals surface area contributed by atoms with Crippen LogP contribution in [0.4, 0.5) is 0 Å². The molecule has 0 aliphatic heterocycles. The molecule has 1 nitrogen and oxygen atoms in total. The second-order valence-electron chi connectivity index (χ2n) is 4.47. The van der Waals surface area contributed by atoms with Crippen molar-refractivity contribution in [3.63, 3.8) is 0 Å². The third-order valence-electron chi connectivity index (χ3n) is 3.42. The van der Waals surface area contributed by atoms with Crippen molar-refractivity contribution in [1.82, 2.24) is 5.32 Å². The van der Waals surface area contributed by atoms with E-state index in [0.29, 0.717) is 11.6 Å². The van der Waals surface area contributed by atoms with E-state index >= 15 is 0 Å². The topological polar surface area (TPSA) is 12.0 Å². The molecule has 0 amide bonds. The van der Waals surface area contributed by atoms with Crippen LogP contribution in [0.15, 0.2) is 12.2 Å². The molecule has 0 heterocycles. The number of hydrogen-bond acceptors (Lipinski definition) is 1. The number of rotatable bonds is 3. The van der Waals surface area contributed by atoms with Crippen LogP contribution < -0.4 is 5.32 Å². The average Bonchev–Trinajstić information content (AvgIpc) is 2.63. The molecular formula is C11H19N. The smallest absolute Gasteiger partial charge is 0.0372 e. The molecule has 0 radical (unpaired) electrons. The molecule has 3 atom stereocenters. The van der Waals surface area contributed by atoms with Gasteiger partial charge in [-0.15, -0.1) is 0 Å². The summed E-state index contributed by atoms with van der Waals surface area (Å²) in [5.74, 6) is 0.890. The molecular weight excluding hydrogens is 146 g/mol. The fourth-order valence-electron chi connectivity index (χ4n) is 2.52. The van der Waals surface area contributed by atoms with Gasteiger partial charge in [0.15, 0.2) is 0 Å². The van der Waals surface area contributed by atoms with Crippen LogP contribution in [0.3, 0.4) is 0 Å². The summed E-state index contributed by atoms with van der Waals surface area (Å²) in [5, 5.41) is 3.75. The number of fused-ring (bicyclic) bond motifs is 2. The Labute approximate surface area is 75.2 Å². The van der Waals surface area contributed by atoms with E-state index in [1.807, 2.05) is 0 Å². The Kier molecular flexibility index (Phi) is 1.99. The van der Waals surface area contributed by atoms with Gasteiger partial charge in [0.25, 0.3) is 0 Å². The van der Waals surface area contributed by atoms with Crippen LogP contribution in [0.1, 0.15) is 39.5 Å². The molecule has 68 valence electrons. The van der Waals surface area contributed by atoms with E-state index in [4.69, 9.17) is 0 Å². The zero-order chi connectivity index (χ0) is 8.60. The maximum atomic E-state index is 3.75. The van der Waals surface area contributed by atoms with E-state index < -0.39 is 0 Å². The van der Waals surface area contributed by atoms with Gasteiger partial charge in [-0.1, -0.05) is 19.1 Å². The maximum absolute atomic E-state index is 3.75. The van der Waals surface area contributed by atoms with Crippen LogP contribution in [-0.4, -0.2) is 11.6 Å². The lowest BCUT2D eigenvalue weighted by Gasteiger charge is -2.29. The van der Waals surface area contributed by atoms with Gasteiger partial charge in [-0.05, 0) is 38.5 Å². The highest BCUT2D eigenvalue weighted by Crippen LogP contribution is 2.42. The summed E-state index contributed by atoms with van der Waals surface area (Å²) in [7, 11) is 0. The van der Waals surface area contributed by atoms with E-state index in [-0.39, 0.29) is 0 Å². The largest absolute Gasteiger partial charge is 0.305 e. The van der Waals surface area contributed by atoms with Crippen LogP contribution in [0.5, 0.6) is 0 Å². The molecule has 12 heavy (non-hydrogen) atoms. The minimum Gasteiger partial charge on any atom is -0.305 e. The van der Waals surface area contributed by atoms with Crippen molar-refractivity contribution in [2.75, 3.05) is 0 Å². The van der Waals surface area contributed by atoms with Crippen molar-refractivity contribution in [2.24, 2.45) is 5.92 Å². The molecule has 3 unspecified atom stereocenters. The van der Waals surface area contributed by atoms with E-state index in [1.54, 1.807) is 0 Å².